The van der Waals surface area contributed by atoms with E-state index in [-0.39, 0.29) is 17.4 Å². The van der Waals surface area contributed by atoms with Crippen molar-refractivity contribution in [3.05, 3.63) is 47.9 Å². The maximum atomic E-state index is 11.7. The van der Waals surface area contributed by atoms with Crippen molar-refractivity contribution < 1.29 is 4.79 Å². The van der Waals surface area contributed by atoms with E-state index >= 15 is 0 Å². The Morgan fingerprint density at radius 1 is 1.38 bits per heavy atom. The van der Waals surface area contributed by atoms with Gasteiger partial charge >= 0.3 is 0 Å². The van der Waals surface area contributed by atoms with E-state index in [1.807, 2.05) is 12.1 Å². The van der Waals surface area contributed by atoms with Crippen LogP contribution in [-0.2, 0) is 0 Å². The van der Waals surface area contributed by atoms with Gasteiger partial charge in [-0.15, -0.1) is 0 Å². The van der Waals surface area contributed by atoms with Crippen LogP contribution in [0.3, 0.4) is 0 Å². The highest BCUT2D eigenvalue weighted by atomic mass is 16.1. The lowest BCUT2D eigenvalue weighted by Crippen LogP contribution is -2.12. The number of hydrogen-bond acceptors (Lipinski definition) is 3. The van der Waals surface area contributed by atoms with Gasteiger partial charge in [0, 0.05) is 5.56 Å². The molecule has 1 amide bonds. The lowest BCUT2D eigenvalue weighted by Gasteiger charge is -2.01. The zero-order valence-corrected chi connectivity index (χ0v) is 8.27. The Bertz CT molecular complexity index is 539. The standard InChI is InChI=1S/C11H8N4O/c12-6-9-10(14-7-13-9)15-11(16)8-4-2-1-3-5-8/h1-5,7H,(H,13,14)(H,15,16). The SMILES string of the molecule is N#Cc1[nH]cnc1NC(=O)c1ccccc1. The van der Waals surface area contributed by atoms with E-state index in [1.54, 1.807) is 24.3 Å². The molecule has 1 aromatic carbocycles. The fourth-order valence-electron chi connectivity index (χ4n) is 1.24. The lowest BCUT2D eigenvalue weighted by atomic mass is 10.2. The quantitative estimate of drug-likeness (QED) is 0.792. The molecular formula is C11H8N4O. The number of nitriles is 1. The molecule has 2 N–H and O–H groups in total. The second-order valence-electron chi connectivity index (χ2n) is 3.06. The summed E-state index contributed by atoms with van der Waals surface area (Å²) in [6, 6.07) is 10.6. The minimum atomic E-state index is -0.288. The molecule has 1 aromatic heterocycles. The van der Waals surface area contributed by atoms with Gasteiger partial charge in [-0.2, -0.15) is 5.26 Å². The van der Waals surface area contributed by atoms with Gasteiger partial charge in [-0.05, 0) is 12.1 Å². The van der Waals surface area contributed by atoms with Crippen LogP contribution in [0.1, 0.15) is 16.1 Å². The fraction of sp³-hybridized carbons (Fsp3) is 0. The van der Waals surface area contributed by atoms with Gasteiger partial charge in [0.05, 0.1) is 6.33 Å². The number of nitrogens with one attached hydrogen (secondary N) is 2. The topological polar surface area (TPSA) is 81.6 Å². The molecule has 1 heterocycles. The Kier molecular flexibility index (Phi) is 2.65. The van der Waals surface area contributed by atoms with Gasteiger partial charge in [0.15, 0.2) is 11.5 Å². The molecule has 0 aliphatic heterocycles. The Morgan fingerprint density at radius 3 is 2.81 bits per heavy atom. The van der Waals surface area contributed by atoms with Gasteiger partial charge in [0.25, 0.3) is 5.91 Å². The smallest absolute Gasteiger partial charge is 0.256 e. The summed E-state index contributed by atoms with van der Waals surface area (Å²) in [6.07, 6.45) is 1.36. The lowest BCUT2D eigenvalue weighted by molar-refractivity contribution is 0.102. The van der Waals surface area contributed by atoms with Crippen molar-refractivity contribution in [2.45, 2.75) is 0 Å². The maximum Gasteiger partial charge on any atom is 0.256 e. The van der Waals surface area contributed by atoms with E-state index in [4.69, 9.17) is 5.26 Å². The molecule has 0 fully saturated rings. The average Bonchev–Trinajstić information content (AvgIpc) is 2.77. The second-order valence-corrected chi connectivity index (χ2v) is 3.06. The molecule has 0 atom stereocenters. The van der Waals surface area contributed by atoms with Gasteiger partial charge in [0.1, 0.15) is 6.07 Å². The van der Waals surface area contributed by atoms with E-state index in [1.165, 1.54) is 6.33 Å². The van der Waals surface area contributed by atoms with Gasteiger partial charge in [0.2, 0.25) is 0 Å². The van der Waals surface area contributed by atoms with Crippen LogP contribution >= 0.6 is 0 Å². The summed E-state index contributed by atoms with van der Waals surface area (Å²) in [5.74, 6) is -0.0412. The van der Waals surface area contributed by atoms with Crippen molar-refractivity contribution in [2.75, 3.05) is 5.32 Å². The molecule has 78 valence electrons. The first kappa shape index (κ1) is 9.93. The molecule has 0 radical (unpaired) electrons. The molecule has 0 saturated heterocycles. The van der Waals surface area contributed by atoms with Crippen molar-refractivity contribution >= 4 is 11.7 Å². The van der Waals surface area contributed by atoms with Gasteiger partial charge in [-0.25, -0.2) is 4.98 Å². The number of rotatable bonds is 2. The van der Waals surface area contributed by atoms with Gasteiger partial charge in [-0.1, -0.05) is 18.2 Å². The summed E-state index contributed by atoms with van der Waals surface area (Å²) < 4.78 is 0. The number of anilines is 1. The molecular weight excluding hydrogens is 204 g/mol. The Morgan fingerprint density at radius 2 is 2.12 bits per heavy atom. The number of nitrogens with zero attached hydrogens (tertiary/aromatic N) is 2. The van der Waals surface area contributed by atoms with Crippen LogP contribution in [0.4, 0.5) is 5.82 Å². The normalized spacial score (nSPS) is 9.44. The third-order valence-electron chi connectivity index (χ3n) is 2.02. The number of hydrogen-bond donors (Lipinski definition) is 2. The average molecular weight is 212 g/mol. The number of aromatic amines is 1. The Labute approximate surface area is 91.8 Å². The third kappa shape index (κ3) is 1.91. The van der Waals surface area contributed by atoms with Crippen LogP contribution in [-0.4, -0.2) is 15.9 Å². The van der Waals surface area contributed by atoms with Crippen LogP contribution < -0.4 is 5.32 Å². The largest absolute Gasteiger partial charge is 0.335 e. The predicted octanol–water partition coefficient (Wildman–Crippen LogP) is 1.53. The predicted molar refractivity (Wildman–Crippen MR) is 57.7 cm³/mol. The summed E-state index contributed by atoms with van der Waals surface area (Å²) in [4.78, 5) is 18.2. The Hall–Kier alpha value is -2.61. The zero-order valence-electron chi connectivity index (χ0n) is 8.27. The highest BCUT2D eigenvalue weighted by Crippen LogP contribution is 2.09. The molecule has 0 aliphatic carbocycles. The van der Waals surface area contributed by atoms with Crippen molar-refractivity contribution in [3.63, 3.8) is 0 Å². The van der Waals surface area contributed by atoms with Crippen molar-refractivity contribution in [3.8, 4) is 6.07 Å². The molecule has 0 unspecified atom stereocenters. The highest BCUT2D eigenvalue weighted by Gasteiger charge is 2.10. The fourth-order valence-corrected chi connectivity index (χ4v) is 1.24. The molecule has 5 nitrogen and oxygen atoms in total. The number of aromatic nitrogens is 2. The van der Waals surface area contributed by atoms with Crippen LogP contribution in [0.5, 0.6) is 0 Å². The van der Waals surface area contributed by atoms with Gasteiger partial charge in [-0.3, -0.25) is 4.79 Å². The van der Waals surface area contributed by atoms with Crippen molar-refractivity contribution in [1.82, 2.24) is 9.97 Å². The van der Waals surface area contributed by atoms with E-state index in [0.29, 0.717) is 5.56 Å². The van der Waals surface area contributed by atoms with E-state index in [9.17, 15) is 4.79 Å². The summed E-state index contributed by atoms with van der Waals surface area (Å²) in [5, 5.41) is 11.3. The van der Waals surface area contributed by atoms with E-state index in [0.717, 1.165) is 0 Å². The Balaban J connectivity index is 2.18. The molecule has 0 aliphatic rings. The first-order chi connectivity index (χ1) is 7.81. The number of benzene rings is 1. The molecule has 2 rings (SSSR count). The third-order valence-corrected chi connectivity index (χ3v) is 2.02. The van der Waals surface area contributed by atoms with E-state index in [2.05, 4.69) is 15.3 Å². The highest BCUT2D eigenvalue weighted by molar-refractivity contribution is 6.04. The summed E-state index contributed by atoms with van der Waals surface area (Å²) in [5.41, 5.74) is 0.763. The van der Waals surface area contributed by atoms with Crippen LogP contribution in [0, 0.1) is 11.3 Å². The van der Waals surface area contributed by atoms with Gasteiger partial charge < -0.3 is 10.3 Å². The number of carbonyl (C=O) groups excluding carboxylic acids is 1. The molecule has 5 heteroatoms. The second kappa shape index (κ2) is 4.28. The molecule has 0 bridgehead atoms. The number of imidazole rings is 1. The number of H-pyrrole nitrogens is 1. The summed E-state index contributed by atoms with van der Waals surface area (Å²) in [7, 11) is 0. The van der Waals surface area contributed by atoms with Crippen LogP contribution in [0.15, 0.2) is 36.7 Å². The molecule has 2 aromatic rings. The zero-order chi connectivity index (χ0) is 11.4. The number of amides is 1. The maximum absolute atomic E-state index is 11.7. The molecule has 0 saturated carbocycles. The van der Waals surface area contributed by atoms with Crippen LogP contribution in [0.2, 0.25) is 0 Å². The van der Waals surface area contributed by atoms with Crippen molar-refractivity contribution in [2.24, 2.45) is 0 Å². The summed E-state index contributed by atoms with van der Waals surface area (Å²) >= 11 is 0. The minimum Gasteiger partial charge on any atom is -0.335 e. The first-order valence-electron chi connectivity index (χ1n) is 4.61. The van der Waals surface area contributed by atoms with Crippen LogP contribution in [0.25, 0.3) is 0 Å². The number of carbonyl (C=O) groups is 1. The van der Waals surface area contributed by atoms with Crippen molar-refractivity contribution in [1.29, 1.82) is 5.26 Å². The molecule has 16 heavy (non-hydrogen) atoms. The monoisotopic (exact) mass is 212 g/mol. The molecule has 0 spiro atoms. The van der Waals surface area contributed by atoms with E-state index < -0.39 is 0 Å². The first-order valence-corrected chi connectivity index (χ1v) is 4.61. The summed E-state index contributed by atoms with van der Waals surface area (Å²) in [6.45, 7) is 0. The minimum absolute atomic E-state index is 0.240.